The minimum atomic E-state index is -0.762. The third-order valence-corrected chi connectivity index (χ3v) is 14.0. The predicted molar refractivity (Wildman–Crippen MR) is 289 cm³/mol. The molecule has 0 aliphatic carbocycles. The average molecular weight is 948 g/mol. The number of carbonyl (C=O) groups excluding carboxylic acids is 3. The molecule has 6 heteroatoms. The van der Waals surface area contributed by atoms with Crippen molar-refractivity contribution in [3.8, 4) is 0 Å². The highest BCUT2D eigenvalue weighted by Crippen LogP contribution is 2.18. The SMILES string of the molecule is CCCCCCCCCCCCCCCCCCCCCC(=O)OC[C@H](COC(=O)CCCCCCCCCCCCCCC(C)C)OC(=O)CCCCCCCCCCCCCCCCC. The molecule has 0 radical (unpaired) electrons. The van der Waals surface area contributed by atoms with Gasteiger partial charge < -0.3 is 14.2 Å². The Kier molecular flexibility index (Phi) is 54.0. The summed E-state index contributed by atoms with van der Waals surface area (Å²) in [6, 6.07) is 0. The first-order valence-electron chi connectivity index (χ1n) is 30.4. The van der Waals surface area contributed by atoms with Gasteiger partial charge in [0.2, 0.25) is 0 Å². The van der Waals surface area contributed by atoms with E-state index in [-0.39, 0.29) is 31.1 Å². The lowest BCUT2D eigenvalue weighted by Crippen LogP contribution is -2.30. The second-order valence-electron chi connectivity index (χ2n) is 21.5. The highest BCUT2D eigenvalue weighted by molar-refractivity contribution is 5.71. The fourth-order valence-corrected chi connectivity index (χ4v) is 9.46. The molecule has 0 rings (SSSR count). The molecule has 0 aromatic rings. The lowest BCUT2D eigenvalue weighted by molar-refractivity contribution is -0.167. The molecule has 0 spiro atoms. The van der Waals surface area contributed by atoms with Gasteiger partial charge >= 0.3 is 17.9 Å². The van der Waals surface area contributed by atoms with E-state index in [9.17, 15) is 14.4 Å². The average Bonchev–Trinajstić information content (AvgIpc) is 3.31. The molecule has 0 aliphatic rings. The van der Waals surface area contributed by atoms with Crippen molar-refractivity contribution >= 4 is 17.9 Å². The lowest BCUT2D eigenvalue weighted by atomic mass is 10.0. The Hall–Kier alpha value is -1.59. The van der Waals surface area contributed by atoms with Crippen LogP contribution in [0.4, 0.5) is 0 Å². The second-order valence-corrected chi connectivity index (χ2v) is 21.5. The maximum Gasteiger partial charge on any atom is 0.306 e. The summed E-state index contributed by atoms with van der Waals surface area (Å²) < 4.78 is 16.9. The van der Waals surface area contributed by atoms with Gasteiger partial charge in [0.15, 0.2) is 6.10 Å². The lowest BCUT2D eigenvalue weighted by Gasteiger charge is -2.18. The quantitative estimate of drug-likeness (QED) is 0.0343. The molecule has 6 nitrogen and oxygen atoms in total. The first-order valence-corrected chi connectivity index (χ1v) is 30.4. The molecule has 0 amide bonds. The number of ether oxygens (including phenoxy) is 3. The fraction of sp³-hybridized carbons (Fsp3) is 0.951. The van der Waals surface area contributed by atoms with Crippen LogP contribution in [0.2, 0.25) is 0 Å². The third kappa shape index (κ3) is 55.2. The second kappa shape index (κ2) is 55.3. The van der Waals surface area contributed by atoms with Gasteiger partial charge in [0, 0.05) is 19.3 Å². The molecule has 0 bridgehead atoms. The minimum absolute atomic E-state index is 0.0615. The monoisotopic (exact) mass is 947 g/mol. The maximum absolute atomic E-state index is 12.9. The third-order valence-electron chi connectivity index (χ3n) is 14.0. The van der Waals surface area contributed by atoms with Crippen LogP contribution in [-0.4, -0.2) is 37.2 Å². The minimum Gasteiger partial charge on any atom is -0.462 e. The molecule has 0 unspecified atom stereocenters. The van der Waals surface area contributed by atoms with Crippen molar-refractivity contribution in [2.45, 2.75) is 355 Å². The Morgan fingerprint density at radius 2 is 0.493 bits per heavy atom. The summed E-state index contributed by atoms with van der Waals surface area (Å²) in [5, 5.41) is 0. The zero-order valence-electron chi connectivity index (χ0n) is 45.9. The smallest absolute Gasteiger partial charge is 0.306 e. The van der Waals surface area contributed by atoms with E-state index in [1.165, 1.54) is 244 Å². The zero-order valence-corrected chi connectivity index (χ0v) is 45.9. The van der Waals surface area contributed by atoms with Crippen LogP contribution >= 0.6 is 0 Å². The van der Waals surface area contributed by atoms with E-state index < -0.39 is 6.10 Å². The number of hydrogen-bond acceptors (Lipinski definition) is 6. The van der Waals surface area contributed by atoms with Crippen molar-refractivity contribution in [1.29, 1.82) is 0 Å². The topological polar surface area (TPSA) is 78.9 Å². The standard InChI is InChI=1S/C61H118O6/c1-5-7-9-11-13-15-17-19-21-22-23-24-26-27-32-36-40-44-48-52-59(62)65-55-58(67-61(64)54-50-46-42-38-34-28-25-20-18-16-14-12-10-8-6-2)56-66-60(63)53-49-45-41-37-33-30-29-31-35-39-43-47-51-57(3)4/h57-58H,5-56H2,1-4H3/t58-/m1/s1. The maximum atomic E-state index is 12.9. The molecule has 0 heterocycles. The Labute approximate surface area is 418 Å². The van der Waals surface area contributed by atoms with E-state index in [1.807, 2.05) is 0 Å². The van der Waals surface area contributed by atoms with Gasteiger partial charge in [-0.05, 0) is 25.2 Å². The van der Waals surface area contributed by atoms with Crippen molar-refractivity contribution < 1.29 is 28.6 Å². The van der Waals surface area contributed by atoms with Crippen LogP contribution in [0.5, 0.6) is 0 Å². The molecule has 0 N–H and O–H groups in total. The van der Waals surface area contributed by atoms with E-state index in [1.54, 1.807) is 0 Å². The molecule has 67 heavy (non-hydrogen) atoms. The molecule has 398 valence electrons. The van der Waals surface area contributed by atoms with Crippen molar-refractivity contribution in [2.75, 3.05) is 13.2 Å². The molecule has 0 fully saturated rings. The fourth-order valence-electron chi connectivity index (χ4n) is 9.46. The summed E-state index contributed by atoms with van der Waals surface area (Å²) in [4.78, 5) is 38.2. The van der Waals surface area contributed by atoms with E-state index >= 15 is 0 Å². The van der Waals surface area contributed by atoms with Crippen LogP contribution < -0.4 is 0 Å². The van der Waals surface area contributed by atoms with Crippen molar-refractivity contribution in [1.82, 2.24) is 0 Å². The van der Waals surface area contributed by atoms with Gasteiger partial charge in [0.1, 0.15) is 13.2 Å². The molecular formula is C61H118O6. The molecule has 0 aliphatic heterocycles. The highest BCUT2D eigenvalue weighted by atomic mass is 16.6. The number of carbonyl (C=O) groups is 3. The predicted octanol–water partition coefficient (Wildman–Crippen LogP) is 20.2. The Morgan fingerprint density at radius 3 is 0.731 bits per heavy atom. The van der Waals surface area contributed by atoms with Crippen LogP contribution in [0, 0.1) is 5.92 Å². The zero-order chi connectivity index (χ0) is 48.8. The number of unbranched alkanes of at least 4 members (excludes halogenated alkanes) is 43. The molecule has 0 saturated carbocycles. The van der Waals surface area contributed by atoms with Crippen LogP contribution in [0.25, 0.3) is 0 Å². The summed E-state index contributed by atoms with van der Waals surface area (Å²) in [5.41, 5.74) is 0. The molecule has 1 atom stereocenters. The summed E-state index contributed by atoms with van der Waals surface area (Å²) in [6.45, 7) is 9.07. The number of rotatable bonds is 56. The van der Waals surface area contributed by atoms with E-state index in [4.69, 9.17) is 14.2 Å². The largest absolute Gasteiger partial charge is 0.462 e. The summed E-state index contributed by atoms with van der Waals surface area (Å²) in [6.07, 6.45) is 61.0. The summed E-state index contributed by atoms with van der Waals surface area (Å²) in [5.74, 6) is 0.00189. The molecular weight excluding hydrogens is 829 g/mol. The Balaban J connectivity index is 4.27. The summed E-state index contributed by atoms with van der Waals surface area (Å²) >= 11 is 0. The van der Waals surface area contributed by atoms with Crippen LogP contribution in [0.1, 0.15) is 349 Å². The van der Waals surface area contributed by atoms with Gasteiger partial charge in [-0.1, -0.05) is 310 Å². The van der Waals surface area contributed by atoms with E-state index in [0.717, 1.165) is 63.7 Å². The first kappa shape index (κ1) is 65.4. The number of hydrogen-bond donors (Lipinski definition) is 0. The van der Waals surface area contributed by atoms with Crippen molar-refractivity contribution in [3.05, 3.63) is 0 Å². The first-order chi connectivity index (χ1) is 32.9. The van der Waals surface area contributed by atoms with Crippen LogP contribution in [0.3, 0.4) is 0 Å². The normalized spacial score (nSPS) is 12.0. The van der Waals surface area contributed by atoms with Crippen molar-refractivity contribution in [2.24, 2.45) is 5.92 Å². The van der Waals surface area contributed by atoms with Crippen LogP contribution in [0.15, 0.2) is 0 Å². The Bertz CT molecular complexity index is 1010. The van der Waals surface area contributed by atoms with E-state index in [2.05, 4.69) is 27.7 Å². The molecule has 0 saturated heterocycles. The van der Waals surface area contributed by atoms with Crippen LogP contribution in [-0.2, 0) is 28.6 Å². The summed E-state index contributed by atoms with van der Waals surface area (Å²) in [7, 11) is 0. The van der Waals surface area contributed by atoms with Gasteiger partial charge in [-0.2, -0.15) is 0 Å². The van der Waals surface area contributed by atoms with Gasteiger partial charge in [0.25, 0.3) is 0 Å². The van der Waals surface area contributed by atoms with Gasteiger partial charge in [-0.3, -0.25) is 14.4 Å². The van der Waals surface area contributed by atoms with Gasteiger partial charge in [-0.15, -0.1) is 0 Å². The number of esters is 3. The van der Waals surface area contributed by atoms with Gasteiger partial charge in [-0.25, -0.2) is 0 Å². The molecule has 0 aromatic heterocycles. The van der Waals surface area contributed by atoms with E-state index in [0.29, 0.717) is 19.3 Å². The van der Waals surface area contributed by atoms with Crippen molar-refractivity contribution in [3.63, 3.8) is 0 Å². The molecule has 0 aromatic carbocycles. The Morgan fingerprint density at radius 1 is 0.284 bits per heavy atom. The van der Waals surface area contributed by atoms with Gasteiger partial charge in [0.05, 0.1) is 0 Å². The highest BCUT2D eigenvalue weighted by Gasteiger charge is 2.19.